The number of anilines is 1. The predicted molar refractivity (Wildman–Crippen MR) is 98.1 cm³/mol. The van der Waals surface area contributed by atoms with Gasteiger partial charge in [-0.3, -0.25) is 0 Å². The Labute approximate surface area is 134 Å². The number of nitrogens with zero attached hydrogens (tertiary/aromatic N) is 1. The number of aryl methyl sites for hydroxylation is 1. The molecule has 1 aromatic carbocycles. The van der Waals surface area contributed by atoms with E-state index in [4.69, 9.17) is 0 Å². The maximum Gasteiger partial charge on any atom is 0.0440 e. The molecule has 0 unspecified atom stereocenters. The van der Waals surface area contributed by atoms with E-state index in [1.807, 2.05) is 6.08 Å². The van der Waals surface area contributed by atoms with Gasteiger partial charge in [0, 0.05) is 18.4 Å². The van der Waals surface area contributed by atoms with Gasteiger partial charge in [-0.05, 0) is 56.0 Å². The van der Waals surface area contributed by atoms with Crippen molar-refractivity contribution in [1.29, 1.82) is 0 Å². The van der Waals surface area contributed by atoms with Gasteiger partial charge in [-0.25, -0.2) is 0 Å². The van der Waals surface area contributed by atoms with Gasteiger partial charge in [-0.2, -0.15) is 0 Å². The Bertz CT molecular complexity index is 639. The van der Waals surface area contributed by atoms with Crippen molar-refractivity contribution < 1.29 is 0 Å². The molecule has 0 N–H and O–H groups in total. The highest BCUT2D eigenvalue weighted by atomic mass is 15.1. The lowest BCUT2D eigenvalue weighted by Crippen LogP contribution is -2.18. The van der Waals surface area contributed by atoms with E-state index in [0.29, 0.717) is 0 Å². The van der Waals surface area contributed by atoms with Gasteiger partial charge >= 0.3 is 0 Å². The molecule has 0 amide bonds. The Hall–Kier alpha value is -2.28. The van der Waals surface area contributed by atoms with Crippen molar-refractivity contribution in [2.75, 3.05) is 11.9 Å². The van der Waals surface area contributed by atoms with E-state index in [1.165, 1.54) is 28.1 Å². The van der Waals surface area contributed by atoms with Crippen molar-refractivity contribution in [3.63, 3.8) is 0 Å². The minimum Gasteiger partial charge on any atom is -0.344 e. The van der Waals surface area contributed by atoms with Crippen molar-refractivity contribution in [2.24, 2.45) is 0 Å². The number of hydrogen-bond donors (Lipinski definition) is 0. The third kappa shape index (κ3) is 3.88. The number of allylic oxidation sites excluding steroid dienone is 8. The van der Waals surface area contributed by atoms with Crippen LogP contribution in [0.3, 0.4) is 0 Å². The molecule has 2 rings (SSSR count). The highest BCUT2D eigenvalue weighted by molar-refractivity contribution is 5.58. The first-order valence-electron chi connectivity index (χ1n) is 7.80. The lowest BCUT2D eigenvalue weighted by Gasteiger charge is -2.27. The van der Waals surface area contributed by atoms with Gasteiger partial charge < -0.3 is 4.90 Å². The fourth-order valence-corrected chi connectivity index (χ4v) is 2.65. The summed E-state index contributed by atoms with van der Waals surface area (Å²) < 4.78 is 0. The van der Waals surface area contributed by atoms with Gasteiger partial charge in [0.25, 0.3) is 0 Å². The zero-order chi connectivity index (χ0) is 15.9. The van der Waals surface area contributed by atoms with Crippen LogP contribution in [0.15, 0.2) is 84.1 Å². The summed E-state index contributed by atoms with van der Waals surface area (Å²) in [6, 6.07) is 8.68. The maximum absolute atomic E-state index is 3.71. The molecule has 0 saturated carbocycles. The first-order chi connectivity index (χ1) is 10.6. The molecular weight excluding hydrogens is 266 g/mol. The van der Waals surface area contributed by atoms with Crippen molar-refractivity contribution in [3.05, 3.63) is 89.7 Å². The summed E-state index contributed by atoms with van der Waals surface area (Å²) in [4.78, 5) is 2.28. The molecule has 0 heterocycles. The largest absolute Gasteiger partial charge is 0.344 e. The first-order valence-corrected chi connectivity index (χ1v) is 7.80. The van der Waals surface area contributed by atoms with Crippen molar-refractivity contribution in [2.45, 2.75) is 26.7 Å². The predicted octanol–water partition coefficient (Wildman–Crippen LogP) is 5.72. The zero-order valence-electron chi connectivity index (χ0n) is 13.8. The minimum atomic E-state index is 1.09. The van der Waals surface area contributed by atoms with Gasteiger partial charge in [0.1, 0.15) is 0 Å². The highest BCUT2D eigenvalue weighted by Crippen LogP contribution is 2.30. The summed E-state index contributed by atoms with van der Waals surface area (Å²) in [6.45, 7) is 8.02. The van der Waals surface area contributed by atoms with Gasteiger partial charge in [0.05, 0.1) is 0 Å². The van der Waals surface area contributed by atoms with E-state index in [-0.39, 0.29) is 0 Å². The average molecular weight is 291 g/mol. The normalized spacial score (nSPS) is 15.5. The molecule has 0 aromatic heterocycles. The van der Waals surface area contributed by atoms with Crippen LogP contribution in [0.25, 0.3) is 0 Å². The monoisotopic (exact) mass is 291 g/mol. The molecular formula is C21H25N. The second kappa shape index (κ2) is 7.65. The Morgan fingerprint density at radius 1 is 1.18 bits per heavy atom. The summed E-state index contributed by atoms with van der Waals surface area (Å²) in [7, 11) is 2.14. The molecule has 1 aliphatic carbocycles. The minimum absolute atomic E-state index is 1.09. The van der Waals surface area contributed by atoms with E-state index in [9.17, 15) is 0 Å². The van der Waals surface area contributed by atoms with Crippen LogP contribution in [0.1, 0.15) is 25.3 Å². The molecule has 0 radical (unpaired) electrons. The average Bonchev–Trinajstić information content (AvgIpc) is 2.55. The summed E-state index contributed by atoms with van der Waals surface area (Å²) in [5.41, 5.74) is 6.53. The molecule has 0 saturated heterocycles. The number of benzene rings is 1. The van der Waals surface area contributed by atoms with Crippen LogP contribution in [-0.4, -0.2) is 7.05 Å². The third-order valence-electron chi connectivity index (χ3n) is 4.00. The second-order valence-corrected chi connectivity index (χ2v) is 5.67. The molecule has 1 aliphatic rings. The van der Waals surface area contributed by atoms with E-state index >= 15 is 0 Å². The zero-order valence-corrected chi connectivity index (χ0v) is 13.8. The second-order valence-electron chi connectivity index (χ2n) is 5.67. The van der Waals surface area contributed by atoms with Gasteiger partial charge in [-0.1, -0.05) is 54.7 Å². The molecule has 0 spiro atoms. The van der Waals surface area contributed by atoms with Crippen molar-refractivity contribution >= 4 is 5.69 Å². The molecule has 1 nitrogen and oxygen atoms in total. The molecule has 0 bridgehead atoms. The van der Waals surface area contributed by atoms with Gasteiger partial charge in [0.2, 0.25) is 0 Å². The fraction of sp³-hybridized carbons (Fsp3) is 0.238. The summed E-state index contributed by atoms with van der Waals surface area (Å²) in [5.74, 6) is 0. The number of hydrogen-bond acceptors (Lipinski definition) is 1. The summed E-state index contributed by atoms with van der Waals surface area (Å²) >= 11 is 0. The smallest absolute Gasteiger partial charge is 0.0440 e. The molecule has 1 heteroatoms. The van der Waals surface area contributed by atoms with Crippen LogP contribution in [0, 0.1) is 6.92 Å². The van der Waals surface area contributed by atoms with Crippen molar-refractivity contribution in [1.82, 2.24) is 0 Å². The lowest BCUT2D eigenvalue weighted by molar-refractivity contribution is 0.920. The quantitative estimate of drug-likeness (QED) is 0.627. The van der Waals surface area contributed by atoms with Crippen LogP contribution in [-0.2, 0) is 0 Å². The van der Waals surface area contributed by atoms with Crippen LogP contribution in [0.4, 0.5) is 5.69 Å². The lowest BCUT2D eigenvalue weighted by atomic mass is 9.94. The third-order valence-corrected chi connectivity index (χ3v) is 4.00. The summed E-state index contributed by atoms with van der Waals surface area (Å²) in [6.07, 6.45) is 14.7. The van der Waals surface area contributed by atoms with E-state index in [1.54, 1.807) is 6.08 Å². The topological polar surface area (TPSA) is 3.24 Å². The first kappa shape index (κ1) is 16.1. The molecule has 22 heavy (non-hydrogen) atoms. The Morgan fingerprint density at radius 3 is 2.59 bits per heavy atom. The van der Waals surface area contributed by atoms with E-state index in [0.717, 1.165) is 12.8 Å². The Morgan fingerprint density at radius 2 is 1.91 bits per heavy atom. The van der Waals surface area contributed by atoms with Crippen LogP contribution >= 0.6 is 0 Å². The Kier molecular flexibility index (Phi) is 5.60. The SMILES string of the molecule is C=C/C=C\C=C(/C)C1=C(N(C)c2ccc(C)cc2)C=CCC1. The molecule has 0 atom stereocenters. The van der Waals surface area contributed by atoms with Crippen LogP contribution in [0.5, 0.6) is 0 Å². The fourth-order valence-electron chi connectivity index (χ4n) is 2.65. The molecule has 1 aromatic rings. The van der Waals surface area contributed by atoms with E-state index < -0.39 is 0 Å². The van der Waals surface area contributed by atoms with E-state index in [2.05, 4.69) is 80.9 Å². The maximum atomic E-state index is 3.71. The molecule has 0 aliphatic heterocycles. The van der Waals surface area contributed by atoms with Gasteiger partial charge in [-0.15, -0.1) is 0 Å². The Balaban J connectivity index is 2.36. The van der Waals surface area contributed by atoms with Crippen LogP contribution < -0.4 is 4.90 Å². The molecule has 114 valence electrons. The highest BCUT2D eigenvalue weighted by Gasteiger charge is 2.14. The van der Waals surface area contributed by atoms with Crippen molar-refractivity contribution in [3.8, 4) is 0 Å². The number of likely N-dealkylation sites (N-methyl/N-ethyl adjacent to an activating group) is 1. The molecule has 0 fully saturated rings. The van der Waals surface area contributed by atoms with Gasteiger partial charge in [0.15, 0.2) is 0 Å². The van der Waals surface area contributed by atoms with Crippen LogP contribution in [0.2, 0.25) is 0 Å². The number of rotatable bonds is 5. The summed E-state index contributed by atoms with van der Waals surface area (Å²) in [5, 5.41) is 0. The standard InChI is InChI=1S/C21H25N/c1-5-6-7-10-18(3)20-11-8-9-12-21(20)22(4)19-15-13-17(2)14-16-19/h5-7,9-10,12-16H,1,8,11H2,2-4H3/b7-6-,18-10+.